The van der Waals surface area contributed by atoms with Gasteiger partial charge in [-0.1, -0.05) is 35.5 Å². The molecule has 0 radical (unpaired) electrons. The molecule has 0 spiro atoms. The Morgan fingerprint density at radius 1 is 1.19 bits per heavy atom. The summed E-state index contributed by atoms with van der Waals surface area (Å²) in [5, 5.41) is 4.18. The Bertz CT molecular complexity index is 993. The van der Waals surface area contributed by atoms with Crippen molar-refractivity contribution in [1.82, 2.24) is 4.90 Å². The van der Waals surface area contributed by atoms with Crippen LogP contribution in [0.15, 0.2) is 59.8 Å². The summed E-state index contributed by atoms with van der Waals surface area (Å²) in [7, 11) is 0. The molecule has 0 saturated carbocycles. The van der Waals surface area contributed by atoms with E-state index in [1.54, 1.807) is 36.1 Å². The highest BCUT2D eigenvalue weighted by Crippen LogP contribution is 2.39. The smallest absolute Gasteiger partial charge is 0.314 e. The molecule has 1 amide bonds. The van der Waals surface area contributed by atoms with Crippen LogP contribution in [0.2, 0.25) is 0 Å². The predicted octanol–water partition coefficient (Wildman–Crippen LogP) is 4.19. The van der Waals surface area contributed by atoms with Gasteiger partial charge in [0.05, 0.1) is 17.7 Å². The fourth-order valence-electron chi connectivity index (χ4n) is 4.56. The number of ether oxygens (including phenoxy) is 1. The molecule has 1 saturated heterocycles. The minimum atomic E-state index is -0.850. The summed E-state index contributed by atoms with van der Waals surface area (Å²) in [6.45, 7) is 2.93. The summed E-state index contributed by atoms with van der Waals surface area (Å²) in [4.78, 5) is 33.6. The molecule has 32 heavy (non-hydrogen) atoms. The first-order valence-corrected chi connectivity index (χ1v) is 11.0. The highest BCUT2D eigenvalue weighted by atomic mass is 19.1. The zero-order chi connectivity index (χ0) is 22.6. The summed E-state index contributed by atoms with van der Waals surface area (Å²) in [5.74, 6) is -0.699. The molecule has 168 valence electrons. The van der Waals surface area contributed by atoms with Gasteiger partial charge < -0.3 is 14.5 Å². The Morgan fingerprint density at radius 2 is 1.94 bits per heavy atom. The van der Waals surface area contributed by atoms with Crippen LogP contribution in [0.25, 0.3) is 0 Å². The van der Waals surface area contributed by atoms with E-state index in [-0.39, 0.29) is 36.9 Å². The van der Waals surface area contributed by atoms with Crippen molar-refractivity contribution >= 4 is 17.6 Å². The van der Waals surface area contributed by atoms with Gasteiger partial charge in [0, 0.05) is 31.5 Å². The zero-order valence-corrected chi connectivity index (χ0v) is 18.1. The van der Waals surface area contributed by atoms with Gasteiger partial charge in [0.15, 0.2) is 0 Å². The third-order valence-electron chi connectivity index (χ3n) is 6.12. The van der Waals surface area contributed by atoms with Crippen molar-refractivity contribution in [2.75, 3.05) is 19.7 Å². The van der Waals surface area contributed by atoms with E-state index in [1.165, 1.54) is 12.1 Å². The Morgan fingerprint density at radius 3 is 2.66 bits per heavy atom. The lowest BCUT2D eigenvalue weighted by atomic mass is 9.74. The minimum absolute atomic E-state index is 0.0884. The number of hydrogen-bond donors (Lipinski definition) is 0. The largest absolute Gasteiger partial charge is 0.466 e. The van der Waals surface area contributed by atoms with Crippen LogP contribution in [0, 0.1) is 11.2 Å². The lowest BCUT2D eigenvalue weighted by Gasteiger charge is -2.41. The van der Waals surface area contributed by atoms with Crippen LogP contribution in [-0.2, 0) is 14.4 Å². The normalized spacial score (nSPS) is 22.8. The maximum absolute atomic E-state index is 13.2. The van der Waals surface area contributed by atoms with Crippen molar-refractivity contribution in [3.05, 3.63) is 71.5 Å². The van der Waals surface area contributed by atoms with Gasteiger partial charge in [0.2, 0.25) is 0 Å². The molecule has 0 aliphatic carbocycles. The van der Waals surface area contributed by atoms with Crippen molar-refractivity contribution in [3.63, 3.8) is 0 Å². The van der Waals surface area contributed by atoms with E-state index < -0.39 is 5.41 Å². The summed E-state index contributed by atoms with van der Waals surface area (Å²) < 4.78 is 18.7. The van der Waals surface area contributed by atoms with E-state index in [9.17, 15) is 14.0 Å². The van der Waals surface area contributed by atoms with E-state index in [4.69, 9.17) is 9.57 Å². The van der Waals surface area contributed by atoms with Crippen molar-refractivity contribution in [2.24, 2.45) is 10.6 Å². The average molecular weight is 438 g/mol. The number of nitrogens with zero attached hydrogens (tertiary/aromatic N) is 2. The first-order chi connectivity index (χ1) is 15.5. The number of carbonyl (C=O) groups excluding carboxylic acids is 2. The molecule has 2 aliphatic heterocycles. The number of oxime groups is 1. The van der Waals surface area contributed by atoms with Gasteiger partial charge in [-0.25, -0.2) is 4.39 Å². The Labute approximate surface area is 187 Å². The van der Waals surface area contributed by atoms with E-state index in [0.717, 1.165) is 11.3 Å². The molecule has 0 unspecified atom stereocenters. The molecule has 2 aromatic rings. The second-order valence-electron chi connectivity index (χ2n) is 8.38. The predicted molar refractivity (Wildman–Crippen MR) is 118 cm³/mol. The fourth-order valence-corrected chi connectivity index (χ4v) is 4.56. The molecule has 0 N–H and O–H groups in total. The number of rotatable bonds is 6. The second kappa shape index (κ2) is 9.51. The van der Waals surface area contributed by atoms with Crippen LogP contribution in [-0.4, -0.2) is 48.3 Å². The minimum Gasteiger partial charge on any atom is -0.466 e. The molecule has 0 bridgehead atoms. The summed E-state index contributed by atoms with van der Waals surface area (Å²) in [5.41, 5.74) is 1.27. The molecule has 7 heteroatoms. The van der Waals surface area contributed by atoms with Gasteiger partial charge in [-0.05, 0) is 49.6 Å². The molecule has 2 aromatic carbocycles. The van der Waals surface area contributed by atoms with Crippen molar-refractivity contribution < 1.29 is 23.6 Å². The SMILES string of the molecule is CCOC(=O)[C@@]1(C[C@H]2CC(c3ccc(F)cc3)=NO2)CCCN(C(=O)c2ccccc2)C1. The van der Waals surface area contributed by atoms with Crippen molar-refractivity contribution in [3.8, 4) is 0 Å². The van der Waals surface area contributed by atoms with E-state index in [0.29, 0.717) is 37.8 Å². The summed E-state index contributed by atoms with van der Waals surface area (Å²) >= 11 is 0. The summed E-state index contributed by atoms with van der Waals surface area (Å²) in [6, 6.07) is 15.2. The van der Waals surface area contributed by atoms with Crippen LogP contribution in [0.3, 0.4) is 0 Å². The molecular formula is C25H27FN2O4. The number of halogens is 1. The zero-order valence-electron chi connectivity index (χ0n) is 18.1. The van der Waals surface area contributed by atoms with E-state index in [1.807, 2.05) is 18.2 Å². The van der Waals surface area contributed by atoms with Gasteiger partial charge in [-0.3, -0.25) is 9.59 Å². The van der Waals surface area contributed by atoms with Crippen molar-refractivity contribution in [1.29, 1.82) is 0 Å². The third kappa shape index (κ3) is 4.66. The van der Waals surface area contributed by atoms with E-state index in [2.05, 4.69) is 5.16 Å². The third-order valence-corrected chi connectivity index (χ3v) is 6.12. The standard InChI is InChI=1S/C25H27FN2O4/c1-2-31-24(30)25(13-6-14-28(17-25)23(29)19-7-4-3-5-8-19)16-21-15-22(27-32-21)18-9-11-20(26)12-10-18/h3-5,7-12,21H,2,6,13-17H2,1H3/t21-,25-/m1/s1. The molecule has 0 aromatic heterocycles. The molecule has 4 rings (SSSR count). The molecule has 6 nitrogen and oxygen atoms in total. The number of likely N-dealkylation sites (tertiary alicyclic amines) is 1. The van der Waals surface area contributed by atoms with Crippen molar-refractivity contribution in [2.45, 2.75) is 38.7 Å². The van der Waals surface area contributed by atoms with Gasteiger partial charge in [-0.2, -0.15) is 0 Å². The number of hydrogen-bond acceptors (Lipinski definition) is 5. The average Bonchev–Trinajstić information content (AvgIpc) is 3.28. The first-order valence-electron chi connectivity index (χ1n) is 11.0. The van der Waals surface area contributed by atoms with Crippen LogP contribution in [0.5, 0.6) is 0 Å². The van der Waals surface area contributed by atoms with Gasteiger partial charge >= 0.3 is 5.97 Å². The number of esters is 1. The van der Waals surface area contributed by atoms with Crippen LogP contribution < -0.4 is 0 Å². The number of amides is 1. The van der Waals surface area contributed by atoms with E-state index >= 15 is 0 Å². The summed E-state index contributed by atoms with van der Waals surface area (Å²) in [6.07, 6.45) is 1.93. The highest BCUT2D eigenvalue weighted by molar-refractivity contribution is 6.01. The molecular weight excluding hydrogens is 411 g/mol. The second-order valence-corrected chi connectivity index (χ2v) is 8.38. The maximum atomic E-state index is 13.2. The molecule has 1 fully saturated rings. The van der Waals surface area contributed by atoms with Gasteiger partial charge in [0.1, 0.15) is 11.9 Å². The van der Waals surface area contributed by atoms with Crippen LogP contribution in [0.1, 0.15) is 48.5 Å². The Hall–Kier alpha value is -3.22. The maximum Gasteiger partial charge on any atom is 0.314 e. The molecule has 2 heterocycles. The van der Waals surface area contributed by atoms with Crippen LogP contribution in [0.4, 0.5) is 4.39 Å². The fraction of sp³-hybridized carbons (Fsp3) is 0.400. The molecule has 2 atom stereocenters. The Balaban J connectivity index is 1.50. The number of piperidine rings is 1. The number of benzene rings is 2. The van der Waals surface area contributed by atoms with Gasteiger partial charge in [0.25, 0.3) is 5.91 Å². The molecule has 2 aliphatic rings. The lowest BCUT2D eigenvalue weighted by molar-refractivity contribution is -0.161. The monoisotopic (exact) mass is 438 g/mol. The quantitative estimate of drug-likeness (QED) is 0.634. The number of carbonyl (C=O) groups is 2. The topological polar surface area (TPSA) is 68.2 Å². The lowest BCUT2D eigenvalue weighted by Crippen LogP contribution is -2.51. The van der Waals surface area contributed by atoms with Crippen LogP contribution >= 0.6 is 0 Å². The van der Waals surface area contributed by atoms with Gasteiger partial charge in [-0.15, -0.1) is 0 Å². The highest BCUT2D eigenvalue weighted by Gasteiger charge is 2.47. The Kier molecular flexibility index (Phi) is 6.53. The first kappa shape index (κ1) is 22.0.